The minimum Gasteiger partial charge on any atom is -0.456 e. The third kappa shape index (κ3) is 7.14. The van der Waals surface area contributed by atoms with Crippen molar-refractivity contribution in [2.24, 2.45) is 0 Å². The van der Waals surface area contributed by atoms with Crippen LogP contribution in [0.25, 0.3) is 0 Å². The summed E-state index contributed by atoms with van der Waals surface area (Å²) < 4.78 is 5.97. The smallest absolute Gasteiger partial charge is 0.333 e. The lowest BCUT2D eigenvalue weighted by molar-refractivity contribution is -0.890. The van der Waals surface area contributed by atoms with Gasteiger partial charge in [-0.25, -0.2) is 4.79 Å². The lowest BCUT2D eigenvalue weighted by atomic mass is 10.3. The number of quaternary nitrogens is 1. The van der Waals surface area contributed by atoms with Crippen LogP contribution in [-0.2, 0) is 9.53 Å². The van der Waals surface area contributed by atoms with Crippen LogP contribution in [0.1, 0.15) is 26.7 Å². The third-order valence-corrected chi connectivity index (χ3v) is 2.40. The first-order valence-corrected chi connectivity index (χ1v) is 5.53. The number of ether oxygens (including phenoxy) is 1. The van der Waals surface area contributed by atoms with Gasteiger partial charge in [0, 0.05) is 5.57 Å². The molecule has 0 rings (SSSR count). The summed E-state index contributed by atoms with van der Waals surface area (Å²) in [5, 5.41) is 0. The molecule has 0 aromatic carbocycles. The van der Waals surface area contributed by atoms with E-state index in [1.54, 1.807) is 6.92 Å². The molecule has 0 aliphatic heterocycles. The van der Waals surface area contributed by atoms with Crippen molar-refractivity contribution in [3.63, 3.8) is 0 Å². The first-order valence-electron chi connectivity index (χ1n) is 5.53. The van der Waals surface area contributed by atoms with E-state index in [1.807, 2.05) is 0 Å². The Labute approximate surface area is 93.3 Å². The molecule has 0 unspecified atom stereocenters. The second kappa shape index (κ2) is 6.62. The Kier molecular flexibility index (Phi) is 6.25. The van der Waals surface area contributed by atoms with Gasteiger partial charge in [-0.2, -0.15) is 0 Å². The van der Waals surface area contributed by atoms with Crippen molar-refractivity contribution in [2.45, 2.75) is 26.7 Å². The van der Waals surface area contributed by atoms with Crippen molar-refractivity contribution in [1.82, 2.24) is 0 Å². The van der Waals surface area contributed by atoms with Crippen LogP contribution in [0.5, 0.6) is 0 Å². The molecule has 0 bridgehead atoms. The summed E-state index contributed by atoms with van der Waals surface area (Å²) in [6.45, 7) is 9.85. The van der Waals surface area contributed by atoms with Crippen LogP contribution >= 0.6 is 0 Å². The Bertz CT molecular complexity index is 222. The number of carbonyl (C=O) groups excluding carboxylic acids is 1. The molecule has 0 heterocycles. The van der Waals surface area contributed by atoms with Crippen molar-refractivity contribution >= 4 is 5.97 Å². The maximum Gasteiger partial charge on any atom is 0.333 e. The fourth-order valence-electron chi connectivity index (χ4n) is 1.21. The van der Waals surface area contributed by atoms with Gasteiger partial charge >= 0.3 is 5.97 Å². The van der Waals surface area contributed by atoms with Crippen molar-refractivity contribution in [1.29, 1.82) is 0 Å². The summed E-state index contributed by atoms with van der Waals surface area (Å²) in [5.74, 6) is -0.287. The molecule has 15 heavy (non-hydrogen) atoms. The van der Waals surface area contributed by atoms with Gasteiger partial charge in [-0.15, -0.1) is 0 Å². The van der Waals surface area contributed by atoms with Gasteiger partial charge in [0.2, 0.25) is 0 Å². The molecule has 0 aliphatic rings. The molecule has 0 radical (unpaired) electrons. The molecule has 0 aromatic rings. The average molecular weight is 214 g/mol. The zero-order valence-corrected chi connectivity index (χ0v) is 10.5. The lowest BCUT2D eigenvalue weighted by Gasteiger charge is -2.29. The second-order valence-corrected chi connectivity index (χ2v) is 4.65. The summed E-state index contributed by atoms with van der Waals surface area (Å²) >= 11 is 0. The topological polar surface area (TPSA) is 26.3 Å². The SMILES string of the molecule is C=C(C)C(=O)OCC[N+](C)(C)CCCC. The molecule has 0 N–H and O–H groups in total. The largest absolute Gasteiger partial charge is 0.456 e. The van der Waals surface area contributed by atoms with E-state index in [0.717, 1.165) is 17.6 Å². The Hall–Kier alpha value is -0.830. The van der Waals surface area contributed by atoms with E-state index in [-0.39, 0.29) is 5.97 Å². The molecule has 0 spiro atoms. The highest BCUT2D eigenvalue weighted by Crippen LogP contribution is 2.02. The van der Waals surface area contributed by atoms with Gasteiger partial charge in [0.1, 0.15) is 13.2 Å². The summed E-state index contributed by atoms with van der Waals surface area (Å²) in [7, 11) is 4.31. The molecule has 0 saturated heterocycles. The van der Waals surface area contributed by atoms with E-state index in [0.29, 0.717) is 12.2 Å². The van der Waals surface area contributed by atoms with E-state index in [2.05, 4.69) is 27.6 Å². The summed E-state index contributed by atoms with van der Waals surface area (Å²) in [5.41, 5.74) is 0.467. The van der Waals surface area contributed by atoms with Gasteiger partial charge in [-0.3, -0.25) is 0 Å². The summed E-state index contributed by atoms with van der Waals surface area (Å²) in [4.78, 5) is 11.1. The molecular formula is C12H24NO2+. The Morgan fingerprint density at radius 3 is 2.40 bits per heavy atom. The number of esters is 1. The quantitative estimate of drug-likeness (QED) is 0.368. The Morgan fingerprint density at radius 1 is 1.33 bits per heavy atom. The van der Waals surface area contributed by atoms with Gasteiger partial charge < -0.3 is 9.22 Å². The van der Waals surface area contributed by atoms with Crippen LogP contribution < -0.4 is 0 Å². The van der Waals surface area contributed by atoms with Crippen LogP contribution in [0.4, 0.5) is 0 Å². The molecule has 0 aliphatic carbocycles. The predicted molar refractivity (Wildman–Crippen MR) is 62.5 cm³/mol. The maximum atomic E-state index is 11.1. The van der Waals surface area contributed by atoms with Gasteiger partial charge in [-0.05, 0) is 13.3 Å². The third-order valence-electron chi connectivity index (χ3n) is 2.40. The highest BCUT2D eigenvalue weighted by atomic mass is 16.5. The number of hydrogen-bond donors (Lipinski definition) is 0. The van der Waals surface area contributed by atoms with E-state index < -0.39 is 0 Å². The number of likely N-dealkylation sites (N-methyl/N-ethyl adjacent to an activating group) is 1. The highest BCUT2D eigenvalue weighted by Gasteiger charge is 2.14. The fraction of sp³-hybridized carbons (Fsp3) is 0.750. The minimum atomic E-state index is -0.287. The number of unbranched alkanes of at least 4 members (excludes halogenated alkanes) is 1. The van der Waals surface area contributed by atoms with Crippen molar-refractivity contribution in [3.8, 4) is 0 Å². The van der Waals surface area contributed by atoms with Gasteiger partial charge in [-0.1, -0.05) is 19.9 Å². The maximum absolute atomic E-state index is 11.1. The fourth-order valence-corrected chi connectivity index (χ4v) is 1.21. The van der Waals surface area contributed by atoms with E-state index in [1.165, 1.54) is 12.8 Å². The van der Waals surface area contributed by atoms with Crippen LogP contribution in [0.2, 0.25) is 0 Å². The zero-order valence-electron chi connectivity index (χ0n) is 10.5. The molecule has 3 heteroatoms. The van der Waals surface area contributed by atoms with Crippen LogP contribution in [-0.4, -0.2) is 44.2 Å². The average Bonchev–Trinajstić information content (AvgIpc) is 2.14. The van der Waals surface area contributed by atoms with Crippen LogP contribution in [0.15, 0.2) is 12.2 Å². The van der Waals surface area contributed by atoms with E-state index >= 15 is 0 Å². The first kappa shape index (κ1) is 14.2. The van der Waals surface area contributed by atoms with E-state index in [9.17, 15) is 4.79 Å². The molecule has 3 nitrogen and oxygen atoms in total. The van der Waals surface area contributed by atoms with Crippen molar-refractivity contribution in [3.05, 3.63) is 12.2 Å². The number of nitrogens with zero attached hydrogens (tertiary/aromatic N) is 1. The van der Waals surface area contributed by atoms with Crippen molar-refractivity contribution in [2.75, 3.05) is 33.8 Å². The van der Waals surface area contributed by atoms with Gasteiger partial charge in [0.15, 0.2) is 0 Å². The zero-order chi connectivity index (χ0) is 11.9. The Balaban J connectivity index is 3.74. The first-order chi connectivity index (χ1) is 6.89. The standard InChI is InChI=1S/C12H24NO2/c1-6-7-8-13(4,5)9-10-15-12(14)11(2)3/h2,6-10H2,1,3-5H3/q+1. The summed E-state index contributed by atoms with van der Waals surface area (Å²) in [6.07, 6.45) is 2.41. The Morgan fingerprint density at radius 2 is 1.93 bits per heavy atom. The van der Waals surface area contributed by atoms with Crippen LogP contribution in [0, 0.1) is 0 Å². The molecule has 0 amide bonds. The lowest BCUT2D eigenvalue weighted by Crippen LogP contribution is -2.43. The second-order valence-electron chi connectivity index (χ2n) is 4.65. The number of rotatable bonds is 7. The highest BCUT2D eigenvalue weighted by molar-refractivity contribution is 5.86. The number of carbonyl (C=O) groups is 1. The predicted octanol–water partition coefficient (Wildman–Crippen LogP) is 1.98. The van der Waals surface area contributed by atoms with Gasteiger partial charge in [0.25, 0.3) is 0 Å². The molecule has 0 fully saturated rings. The molecular weight excluding hydrogens is 190 g/mol. The van der Waals surface area contributed by atoms with Crippen molar-refractivity contribution < 1.29 is 14.0 Å². The van der Waals surface area contributed by atoms with Gasteiger partial charge in [0.05, 0.1) is 20.6 Å². The summed E-state index contributed by atoms with van der Waals surface area (Å²) in [6, 6.07) is 0. The number of hydrogen-bond acceptors (Lipinski definition) is 2. The normalized spacial score (nSPS) is 11.2. The monoisotopic (exact) mass is 214 g/mol. The molecule has 0 saturated carbocycles. The molecule has 0 aromatic heterocycles. The molecule has 88 valence electrons. The van der Waals surface area contributed by atoms with Crippen LogP contribution in [0.3, 0.4) is 0 Å². The molecule has 0 atom stereocenters. The minimum absolute atomic E-state index is 0.287. The van der Waals surface area contributed by atoms with E-state index in [4.69, 9.17) is 4.74 Å².